The Morgan fingerprint density at radius 2 is 2.00 bits per heavy atom. The molecule has 154 valence electrons. The number of nitrogens with one attached hydrogen (secondary N) is 1. The Kier molecular flexibility index (Phi) is 7.90. The number of aromatic nitrogens is 2. The molecular weight excluding hydrogens is 348 g/mol. The van der Waals surface area contributed by atoms with Crippen molar-refractivity contribution in [3.8, 4) is 0 Å². The number of carbonyl (C=O) groups excluding carboxylic acids is 1. The van der Waals surface area contributed by atoms with Crippen LogP contribution in [0.5, 0.6) is 0 Å². The molecule has 0 aliphatic heterocycles. The van der Waals surface area contributed by atoms with Gasteiger partial charge in [-0.05, 0) is 51.5 Å². The Morgan fingerprint density at radius 1 is 1.21 bits per heavy atom. The molecule has 1 saturated carbocycles. The molecule has 1 aromatic carbocycles. The third kappa shape index (κ3) is 6.06. The number of imidazole rings is 1. The van der Waals surface area contributed by atoms with Gasteiger partial charge in [0.2, 0.25) is 5.91 Å². The summed E-state index contributed by atoms with van der Waals surface area (Å²) in [6, 6.07) is 8.33. The molecule has 0 bridgehead atoms. The van der Waals surface area contributed by atoms with Crippen molar-refractivity contribution in [2.24, 2.45) is 5.92 Å². The Hall–Kier alpha value is -1.88. The number of nitrogens with zero attached hydrogens (tertiary/aromatic N) is 3. The molecule has 1 N–H and O–H groups in total. The highest BCUT2D eigenvalue weighted by Gasteiger charge is 2.15. The van der Waals surface area contributed by atoms with Crippen molar-refractivity contribution in [2.75, 3.05) is 27.2 Å². The molecule has 2 aromatic rings. The van der Waals surface area contributed by atoms with Crippen LogP contribution in [0.4, 0.5) is 0 Å². The van der Waals surface area contributed by atoms with Gasteiger partial charge in [0.05, 0.1) is 11.0 Å². The van der Waals surface area contributed by atoms with Gasteiger partial charge in [0.15, 0.2) is 0 Å². The van der Waals surface area contributed by atoms with Crippen molar-refractivity contribution in [3.05, 3.63) is 30.1 Å². The lowest BCUT2D eigenvalue weighted by Gasteiger charge is -2.21. The number of hydrogen-bond donors (Lipinski definition) is 1. The maximum atomic E-state index is 12.2. The monoisotopic (exact) mass is 384 g/mol. The molecule has 1 aliphatic carbocycles. The van der Waals surface area contributed by atoms with E-state index in [2.05, 4.69) is 47.1 Å². The zero-order valence-corrected chi connectivity index (χ0v) is 17.6. The average Bonchev–Trinajstić information content (AvgIpc) is 3.04. The first-order chi connectivity index (χ1) is 13.6. The van der Waals surface area contributed by atoms with E-state index in [4.69, 9.17) is 4.98 Å². The fourth-order valence-electron chi connectivity index (χ4n) is 4.32. The maximum Gasteiger partial charge on any atom is 0.220 e. The maximum absolute atomic E-state index is 12.2. The lowest BCUT2D eigenvalue weighted by molar-refractivity contribution is -0.121. The number of para-hydroxylation sites is 2. The van der Waals surface area contributed by atoms with Crippen LogP contribution >= 0.6 is 0 Å². The van der Waals surface area contributed by atoms with Crippen molar-refractivity contribution >= 4 is 16.9 Å². The molecule has 1 aliphatic rings. The van der Waals surface area contributed by atoms with Gasteiger partial charge in [-0.25, -0.2) is 4.98 Å². The molecular formula is C23H36N4O. The summed E-state index contributed by atoms with van der Waals surface area (Å²) in [4.78, 5) is 19.3. The highest BCUT2D eigenvalue weighted by Crippen LogP contribution is 2.27. The minimum absolute atomic E-state index is 0.195. The molecule has 3 rings (SSSR count). The van der Waals surface area contributed by atoms with Crippen LogP contribution in [-0.4, -0.2) is 47.5 Å². The third-order valence-electron chi connectivity index (χ3n) is 5.90. The van der Waals surface area contributed by atoms with E-state index in [1.165, 1.54) is 37.6 Å². The highest BCUT2D eigenvalue weighted by molar-refractivity contribution is 5.76. The van der Waals surface area contributed by atoms with Crippen molar-refractivity contribution in [3.63, 3.8) is 0 Å². The second kappa shape index (κ2) is 10.6. The lowest BCUT2D eigenvalue weighted by Crippen LogP contribution is -2.27. The van der Waals surface area contributed by atoms with E-state index >= 15 is 0 Å². The summed E-state index contributed by atoms with van der Waals surface area (Å²) in [6.07, 6.45) is 10.3. The molecule has 1 amide bonds. The highest BCUT2D eigenvalue weighted by atomic mass is 16.1. The van der Waals surface area contributed by atoms with Crippen LogP contribution < -0.4 is 5.32 Å². The van der Waals surface area contributed by atoms with E-state index < -0.39 is 0 Å². The number of hydrogen-bond acceptors (Lipinski definition) is 3. The van der Waals surface area contributed by atoms with Gasteiger partial charge in [-0.1, -0.05) is 44.2 Å². The Morgan fingerprint density at radius 3 is 2.79 bits per heavy atom. The fraction of sp³-hybridized carbons (Fsp3) is 0.652. The summed E-state index contributed by atoms with van der Waals surface area (Å²) in [5.41, 5.74) is 2.24. The van der Waals surface area contributed by atoms with E-state index in [-0.39, 0.29) is 5.91 Å². The fourth-order valence-corrected chi connectivity index (χ4v) is 4.32. The van der Waals surface area contributed by atoms with E-state index in [1.54, 1.807) is 0 Å². The number of amides is 1. The lowest BCUT2D eigenvalue weighted by atomic mass is 9.86. The summed E-state index contributed by atoms with van der Waals surface area (Å²) in [5, 5.41) is 3.12. The zero-order valence-electron chi connectivity index (χ0n) is 17.6. The van der Waals surface area contributed by atoms with Gasteiger partial charge in [0.1, 0.15) is 5.82 Å². The zero-order chi connectivity index (χ0) is 19.8. The molecule has 28 heavy (non-hydrogen) atoms. The van der Waals surface area contributed by atoms with Crippen LogP contribution in [0.1, 0.15) is 57.2 Å². The van der Waals surface area contributed by atoms with Gasteiger partial charge in [-0.2, -0.15) is 0 Å². The molecule has 1 heterocycles. The van der Waals surface area contributed by atoms with Crippen LogP contribution in [0, 0.1) is 5.92 Å². The van der Waals surface area contributed by atoms with Crippen molar-refractivity contribution in [1.29, 1.82) is 0 Å². The van der Waals surface area contributed by atoms with Crippen molar-refractivity contribution < 1.29 is 4.79 Å². The topological polar surface area (TPSA) is 50.2 Å². The van der Waals surface area contributed by atoms with Gasteiger partial charge < -0.3 is 14.8 Å². The van der Waals surface area contributed by atoms with Crippen LogP contribution in [0.3, 0.4) is 0 Å². The first-order valence-corrected chi connectivity index (χ1v) is 11.0. The van der Waals surface area contributed by atoms with Crippen LogP contribution in [0.15, 0.2) is 24.3 Å². The summed E-state index contributed by atoms with van der Waals surface area (Å²) in [5.74, 6) is 2.04. The van der Waals surface area contributed by atoms with E-state index in [9.17, 15) is 4.79 Å². The molecule has 5 heteroatoms. The summed E-state index contributed by atoms with van der Waals surface area (Å²) >= 11 is 0. The Balaban J connectivity index is 1.50. The Bertz CT molecular complexity index is 746. The summed E-state index contributed by atoms with van der Waals surface area (Å²) < 4.78 is 2.33. The SMILES string of the molecule is CN(C)CCCn1c(CCNC(=O)CCC2CCCCC2)nc2ccccc21. The van der Waals surface area contributed by atoms with Gasteiger partial charge in [-0.3, -0.25) is 4.79 Å². The molecule has 0 unspecified atom stereocenters. The predicted octanol–water partition coefficient (Wildman–Crippen LogP) is 4.01. The molecule has 0 spiro atoms. The van der Waals surface area contributed by atoms with Crippen LogP contribution in [0.2, 0.25) is 0 Å². The largest absolute Gasteiger partial charge is 0.356 e. The minimum Gasteiger partial charge on any atom is -0.356 e. The average molecular weight is 385 g/mol. The Labute approximate surface area is 169 Å². The second-order valence-corrected chi connectivity index (χ2v) is 8.47. The molecule has 5 nitrogen and oxygen atoms in total. The van der Waals surface area contributed by atoms with Crippen molar-refractivity contribution in [1.82, 2.24) is 19.8 Å². The third-order valence-corrected chi connectivity index (χ3v) is 5.90. The number of carbonyl (C=O) groups is 1. The van der Waals surface area contributed by atoms with Gasteiger partial charge in [0.25, 0.3) is 0 Å². The second-order valence-electron chi connectivity index (χ2n) is 8.47. The summed E-state index contributed by atoms with van der Waals surface area (Å²) in [7, 11) is 4.21. The minimum atomic E-state index is 0.195. The number of benzene rings is 1. The molecule has 0 atom stereocenters. The smallest absolute Gasteiger partial charge is 0.220 e. The number of aryl methyl sites for hydroxylation is 1. The van der Waals surface area contributed by atoms with Crippen molar-refractivity contribution in [2.45, 2.75) is 64.3 Å². The normalized spacial score (nSPS) is 15.4. The van der Waals surface area contributed by atoms with E-state index in [1.807, 2.05) is 6.07 Å². The van der Waals surface area contributed by atoms with Gasteiger partial charge >= 0.3 is 0 Å². The van der Waals surface area contributed by atoms with Crippen LogP contribution in [0.25, 0.3) is 11.0 Å². The molecule has 1 fully saturated rings. The number of rotatable bonds is 10. The van der Waals surface area contributed by atoms with Gasteiger partial charge in [0, 0.05) is 25.9 Å². The first kappa shape index (κ1) is 20.8. The van der Waals surface area contributed by atoms with E-state index in [0.29, 0.717) is 13.0 Å². The number of fused-ring (bicyclic) bond motifs is 1. The quantitative estimate of drug-likeness (QED) is 0.673. The molecule has 0 radical (unpaired) electrons. The first-order valence-electron chi connectivity index (χ1n) is 11.0. The predicted molar refractivity (Wildman–Crippen MR) is 115 cm³/mol. The standard InChI is InChI=1S/C23H36N4O/c1-26(2)17-8-18-27-21-12-7-6-11-20(21)25-22(27)15-16-24-23(28)14-13-19-9-4-3-5-10-19/h6-7,11-12,19H,3-5,8-10,13-18H2,1-2H3,(H,24,28). The van der Waals surface area contributed by atoms with Gasteiger partial charge in [-0.15, -0.1) is 0 Å². The van der Waals surface area contributed by atoms with E-state index in [0.717, 1.165) is 49.6 Å². The van der Waals surface area contributed by atoms with Crippen LogP contribution in [-0.2, 0) is 17.8 Å². The molecule has 1 aromatic heterocycles. The molecule has 0 saturated heterocycles. The summed E-state index contributed by atoms with van der Waals surface area (Å²) in [6.45, 7) is 2.69.